The van der Waals surface area contributed by atoms with Crippen molar-refractivity contribution in [2.75, 3.05) is 0 Å². The van der Waals surface area contributed by atoms with Crippen LogP contribution in [0.5, 0.6) is 0 Å². The Balaban J connectivity index is 1.09. The average molecular weight is 661 g/mol. The second-order valence-electron chi connectivity index (χ2n) is 13.9. The summed E-state index contributed by atoms with van der Waals surface area (Å²) in [4.78, 5) is 10.0. The molecule has 12 rings (SSSR count). The summed E-state index contributed by atoms with van der Waals surface area (Å²) in [7, 11) is 0. The van der Waals surface area contributed by atoms with E-state index in [9.17, 15) is 0 Å². The van der Waals surface area contributed by atoms with Gasteiger partial charge in [0, 0.05) is 56.1 Å². The average Bonchev–Trinajstić information content (AvgIpc) is 3.83. The lowest BCUT2D eigenvalue weighted by Gasteiger charge is -2.10. The molecule has 0 atom stereocenters. The number of hydrogen-bond donors (Lipinski definition) is 0. The maximum atomic E-state index is 5.15. The molecule has 0 spiro atoms. The molecule has 1 aliphatic carbocycles. The molecule has 0 N–H and O–H groups in total. The molecule has 0 radical (unpaired) electrons. The van der Waals surface area contributed by atoms with Gasteiger partial charge in [0.15, 0.2) is 0 Å². The van der Waals surface area contributed by atoms with Crippen molar-refractivity contribution < 1.29 is 0 Å². The van der Waals surface area contributed by atoms with E-state index in [1.165, 1.54) is 76.5 Å². The van der Waals surface area contributed by atoms with Gasteiger partial charge in [-0.3, -0.25) is 9.55 Å². The summed E-state index contributed by atoms with van der Waals surface area (Å²) in [5.41, 5.74) is 12.7. The van der Waals surface area contributed by atoms with E-state index in [-0.39, 0.29) is 0 Å². The van der Waals surface area contributed by atoms with Gasteiger partial charge in [0.05, 0.1) is 27.8 Å². The number of rotatable bonds is 3. The van der Waals surface area contributed by atoms with Crippen molar-refractivity contribution in [3.05, 3.63) is 170 Å². The van der Waals surface area contributed by atoms with Gasteiger partial charge >= 0.3 is 0 Å². The Morgan fingerprint density at radius 2 is 1.06 bits per heavy atom. The summed E-state index contributed by atoms with van der Waals surface area (Å²) in [5.74, 6) is 0.892. The number of aromatic nitrogens is 4. The second-order valence-corrected chi connectivity index (χ2v) is 13.9. The van der Waals surface area contributed by atoms with Crippen LogP contribution >= 0.6 is 0 Å². The fraction of sp³-hybridized carbons (Fsp3) is 0. The predicted octanol–water partition coefficient (Wildman–Crippen LogP) is 12.3. The molecule has 1 aliphatic rings. The Labute approximate surface area is 298 Å². The summed E-state index contributed by atoms with van der Waals surface area (Å²) >= 11 is 0. The zero-order chi connectivity index (χ0) is 33.9. The summed E-state index contributed by atoms with van der Waals surface area (Å²) in [6.45, 7) is 0. The van der Waals surface area contributed by atoms with Crippen LogP contribution in [0.3, 0.4) is 0 Å². The van der Waals surface area contributed by atoms with Crippen molar-refractivity contribution in [1.29, 1.82) is 0 Å². The van der Waals surface area contributed by atoms with Crippen LogP contribution in [0.4, 0.5) is 0 Å². The molecule has 0 amide bonds. The third kappa shape index (κ3) is 3.75. The minimum Gasteiger partial charge on any atom is -0.309 e. The zero-order valence-electron chi connectivity index (χ0n) is 28.0. The van der Waals surface area contributed by atoms with Crippen LogP contribution in [0.15, 0.2) is 170 Å². The van der Waals surface area contributed by atoms with Crippen molar-refractivity contribution in [2.45, 2.75) is 0 Å². The van der Waals surface area contributed by atoms with Crippen LogP contribution in [0.1, 0.15) is 0 Å². The molecule has 240 valence electrons. The first-order chi connectivity index (χ1) is 25.8. The highest BCUT2D eigenvalue weighted by atomic mass is 15.1. The first-order valence-corrected chi connectivity index (χ1v) is 17.7. The van der Waals surface area contributed by atoms with Crippen LogP contribution in [0, 0.1) is 0 Å². The van der Waals surface area contributed by atoms with Gasteiger partial charge in [0.25, 0.3) is 0 Å². The molecule has 0 unspecified atom stereocenters. The highest BCUT2D eigenvalue weighted by molar-refractivity contribution is 6.16. The monoisotopic (exact) mass is 660 g/mol. The Morgan fingerprint density at radius 3 is 1.90 bits per heavy atom. The van der Waals surface area contributed by atoms with Gasteiger partial charge in [0.2, 0.25) is 0 Å². The van der Waals surface area contributed by atoms with Gasteiger partial charge in [-0.1, -0.05) is 91.0 Å². The Bertz CT molecular complexity index is 3290. The number of fused-ring (bicyclic) bond motifs is 10. The van der Waals surface area contributed by atoms with E-state index >= 15 is 0 Å². The Kier molecular flexibility index (Phi) is 5.47. The molecular weight excluding hydrogens is 633 g/mol. The first kappa shape index (κ1) is 27.7. The third-order valence-corrected chi connectivity index (χ3v) is 11.1. The van der Waals surface area contributed by atoms with E-state index < -0.39 is 0 Å². The van der Waals surface area contributed by atoms with Crippen LogP contribution in [-0.2, 0) is 0 Å². The van der Waals surface area contributed by atoms with E-state index in [0.29, 0.717) is 0 Å². The van der Waals surface area contributed by atoms with E-state index in [2.05, 4.69) is 167 Å². The van der Waals surface area contributed by atoms with Gasteiger partial charge in [-0.05, 0) is 99.6 Å². The molecular formula is C48H28N4. The number of hydrogen-bond acceptors (Lipinski definition) is 2. The van der Waals surface area contributed by atoms with Crippen molar-refractivity contribution in [3.63, 3.8) is 0 Å². The van der Waals surface area contributed by atoms with Crippen LogP contribution in [0.25, 0.3) is 110 Å². The molecule has 0 saturated heterocycles. The highest BCUT2D eigenvalue weighted by Crippen LogP contribution is 2.47. The maximum Gasteiger partial charge on any atom is 0.138 e. The number of para-hydroxylation sites is 2. The van der Waals surface area contributed by atoms with E-state index in [1.54, 1.807) is 0 Å². The number of pyridine rings is 2. The molecule has 0 fully saturated rings. The largest absolute Gasteiger partial charge is 0.309 e. The van der Waals surface area contributed by atoms with Gasteiger partial charge in [-0.15, -0.1) is 0 Å². The Hall–Kier alpha value is -7.04. The molecule has 4 nitrogen and oxygen atoms in total. The molecule has 4 heterocycles. The lowest BCUT2D eigenvalue weighted by Crippen LogP contribution is -1.98. The number of nitrogens with zero attached hydrogens (tertiary/aromatic N) is 4. The lowest BCUT2D eigenvalue weighted by atomic mass is 10.00. The van der Waals surface area contributed by atoms with Crippen molar-refractivity contribution in [3.8, 4) is 45.0 Å². The summed E-state index contributed by atoms with van der Waals surface area (Å²) in [5, 5.41) is 9.76. The SMILES string of the molecule is c1ccc(-n2c3ccccc3c3cc(-c4ccc5c(c4)c4cc6ccccc6cc4n5-c4cc5c(cn4)-c4cccc6ccnc-5c46)ccc32)cc1. The molecule has 52 heavy (non-hydrogen) atoms. The van der Waals surface area contributed by atoms with E-state index in [0.717, 1.165) is 33.7 Å². The second kappa shape index (κ2) is 10.3. The van der Waals surface area contributed by atoms with E-state index in [1.807, 2.05) is 12.4 Å². The van der Waals surface area contributed by atoms with Crippen LogP contribution in [-0.4, -0.2) is 19.1 Å². The van der Waals surface area contributed by atoms with E-state index in [4.69, 9.17) is 9.97 Å². The molecule has 0 saturated carbocycles. The molecule has 0 aliphatic heterocycles. The first-order valence-electron chi connectivity index (χ1n) is 17.7. The minimum absolute atomic E-state index is 0.892. The minimum atomic E-state index is 0.892. The predicted molar refractivity (Wildman–Crippen MR) is 216 cm³/mol. The van der Waals surface area contributed by atoms with Crippen molar-refractivity contribution >= 4 is 65.2 Å². The molecule has 11 aromatic rings. The standard InChI is InChI=1S/C48H28N4/c1-2-12-34(13-3-1)51-42-16-7-6-14-35(42)37-24-32(17-19-43(37)51)33-18-20-44-38(25-33)39-23-30-9-4-5-10-31(30)26-45(39)52(44)46-27-40-41(28-50-46)36-15-8-11-29-21-22-49-48(40)47(29)36/h1-28H. The topological polar surface area (TPSA) is 35.6 Å². The zero-order valence-corrected chi connectivity index (χ0v) is 28.0. The van der Waals surface area contributed by atoms with Gasteiger partial charge < -0.3 is 4.57 Å². The van der Waals surface area contributed by atoms with Crippen LogP contribution in [0.2, 0.25) is 0 Å². The van der Waals surface area contributed by atoms with Gasteiger partial charge in [0.1, 0.15) is 5.82 Å². The highest BCUT2D eigenvalue weighted by Gasteiger charge is 2.25. The normalized spacial score (nSPS) is 12.2. The molecule has 4 aromatic heterocycles. The van der Waals surface area contributed by atoms with Crippen LogP contribution < -0.4 is 0 Å². The van der Waals surface area contributed by atoms with Gasteiger partial charge in [-0.2, -0.15) is 0 Å². The molecule has 0 bridgehead atoms. The van der Waals surface area contributed by atoms with Gasteiger partial charge in [-0.25, -0.2) is 4.98 Å². The fourth-order valence-electron chi connectivity index (χ4n) is 8.78. The maximum absolute atomic E-state index is 5.15. The summed E-state index contributed by atoms with van der Waals surface area (Å²) in [6, 6.07) is 57.3. The quantitative estimate of drug-likeness (QED) is 0.189. The molecule has 7 aromatic carbocycles. The lowest BCUT2D eigenvalue weighted by molar-refractivity contribution is 1.08. The Morgan fingerprint density at radius 1 is 0.385 bits per heavy atom. The fourth-order valence-corrected chi connectivity index (χ4v) is 8.78. The summed E-state index contributed by atoms with van der Waals surface area (Å²) < 4.78 is 4.70. The molecule has 4 heteroatoms. The number of benzene rings is 7. The van der Waals surface area contributed by atoms with Crippen molar-refractivity contribution in [2.24, 2.45) is 0 Å². The third-order valence-electron chi connectivity index (χ3n) is 11.1. The van der Waals surface area contributed by atoms with Crippen molar-refractivity contribution in [1.82, 2.24) is 19.1 Å². The summed E-state index contributed by atoms with van der Waals surface area (Å²) in [6.07, 6.45) is 3.96. The smallest absolute Gasteiger partial charge is 0.138 e.